The van der Waals surface area contributed by atoms with Crippen LogP contribution in [0.4, 0.5) is 13.6 Å². The highest BCUT2D eigenvalue weighted by molar-refractivity contribution is 6.23. The van der Waals surface area contributed by atoms with Crippen LogP contribution in [0.2, 0.25) is 0 Å². The molecular formula is C20H12F2N4O. The van der Waals surface area contributed by atoms with Crippen molar-refractivity contribution in [1.82, 2.24) is 9.78 Å². The van der Waals surface area contributed by atoms with Crippen LogP contribution in [0, 0.1) is 23.0 Å². The van der Waals surface area contributed by atoms with E-state index in [2.05, 4.69) is 10.1 Å². The molecule has 4 rings (SSSR count). The number of nitriles is 1. The van der Waals surface area contributed by atoms with E-state index in [-0.39, 0.29) is 5.56 Å². The van der Waals surface area contributed by atoms with E-state index in [4.69, 9.17) is 5.26 Å². The summed E-state index contributed by atoms with van der Waals surface area (Å²) < 4.78 is 29.0. The number of carbonyl (C=O) groups excluding carboxylic acids is 1. The van der Waals surface area contributed by atoms with Crippen molar-refractivity contribution < 1.29 is 13.6 Å². The predicted octanol–water partition coefficient (Wildman–Crippen LogP) is 4.08. The minimum Gasteiger partial charge on any atom is -0.244 e. The maximum absolute atomic E-state index is 14.5. The number of nitrogens with zero attached hydrogens (tertiary/aromatic N) is 4. The lowest BCUT2D eigenvalue weighted by Gasteiger charge is -2.08. The quantitative estimate of drug-likeness (QED) is 0.705. The van der Waals surface area contributed by atoms with Gasteiger partial charge in [-0.25, -0.2) is 13.6 Å². The summed E-state index contributed by atoms with van der Waals surface area (Å²) in [6.45, 7) is 1.84. The standard InChI is InChI=1S/C20H12F2N4O/c1-2-16-17(14-8-7-13(21)9-15(14)22)19-18(24-20(27)26(19)25-16)12-5-3-11(10-23)4-6-12/h3-9H,2H2,1H3. The molecule has 27 heavy (non-hydrogen) atoms. The zero-order valence-electron chi connectivity index (χ0n) is 14.2. The topological polar surface area (TPSA) is 71.0 Å². The summed E-state index contributed by atoms with van der Waals surface area (Å²) in [5.74, 6) is -1.42. The van der Waals surface area contributed by atoms with Gasteiger partial charge < -0.3 is 0 Å². The number of hydrogen-bond donors (Lipinski definition) is 0. The lowest BCUT2D eigenvalue weighted by atomic mass is 9.96. The number of amides is 1. The van der Waals surface area contributed by atoms with Crippen molar-refractivity contribution in [3.8, 4) is 17.2 Å². The lowest BCUT2D eigenvalue weighted by molar-refractivity contribution is 0.249. The molecule has 2 heterocycles. The Hall–Kier alpha value is -3.66. The first-order valence-corrected chi connectivity index (χ1v) is 8.24. The second-order valence-corrected chi connectivity index (χ2v) is 5.99. The van der Waals surface area contributed by atoms with E-state index in [9.17, 15) is 13.6 Å². The third-order valence-electron chi connectivity index (χ3n) is 4.39. The van der Waals surface area contributed by atoms with Crippen molar-refractivity contribution in [1.29, 1.82) is 5.26 Å². The SMILES string of the molecule is CCc1nn2c(c1-c1ccc(F)cc1F)C(c1ccc(C#N)cc1)=NC2=O. The molecule has 0 unspecified atom stereocenters. The van der Waals surface area contributed by atoms with Gasteiger partial charge in [-0.3, -0.25) is 0 Å². The fraction of sp³-hybridized carbons (Fsp3) is 0.100. The number of aliphatic imine (C=N–C) groups is 1. The Morgan fingerprint density at radius 2 is 1.89 bits per heavy atom. The molecule has 1 aliphatic heterocycles. The van der Waals surface area contributed by atoms with Gasteiger partial charge >= 0.3 is 6.03 Å². The minimum atomic E-state index is -0.737. The second kappa shape index (κ2) is 6.25. The highest BCUT2D eigenvalue weighted by Gasteiger charge is 2.32. The Bertz CT molecular complexity index is 1150. The molecule has 1 aliphatic rings. The molecule has 0 aliphatic carbocycles. The molecule has 0 bridgehead atoms. The monoisotopic (exact) mass is 362 g/mol. The first-order chi connectivity index (χ1) is 13.0. The predicted molar refractivity (Wildman–Crippen MR) is 94.5 cm³/mol. The van der Waals surface area contributed by atoms with Gasteiger partial charge in [0.15, 0.2) is 0 Å². The van der Waals surface area contributed by atoms with Gasteiger partial charge in [-0.1, -0.05) is 19.1 Å². The molecule has 0 radical (unpaired) electrons. The van der Waals surface area contributed by atoms with Gasteiger partial charge in [0.25, 0.3) is 0 Å². The van der Waals surface area contributed by atoms with Crippen LogP contribution >= 0.6 is 0 Å². The lowest BCUT2D eigenvalue weighted by Crippen LogP contribution is -2.07. The first kappa shape index (κ1) is 16.8. The van der Waals surface area contributed by atoms with Gasteiger partial charge in [-0.2, -0.15) is 20.0 Å². The number of aryl methyl sites for hydroxylation is 1. The smallest absolute Gasteiger partial charge is 0.244 e. The van der Waals surface area contributed by atoms with Crippen LogP contribution in [0.3, 0.4) is 0 Å². The third-order valence-corrected chi connectivity index (χ3v) is 4.39. The molecule has 1 amide bonds. The van der Waals surface area contributed by atoms with E-state index in [1.54, 1.807) is 24.3 Å². The van der Waals surface area contributed by atoms with Gasteiger partial charge in [0, 0.05) is 22.8 Å². The molecular weight excluding hydrogens is 350 g/mol. The van der Waals surface area contributed by atoms with E-state index in [1.165, 1.54) is 6.07 Å². The normalized spacial score (nSPS) is 12.7. The van der Waals surface area contributed by atoms with Gasteiger partial charge in [0.05, 0.1) is 17.3 Å². The largest absolute Gasteiger partial charge is 0.369 e. The van der Waals surface area contributed by atoms with Crippen molar-refractivity contribution in [2.24, 2.45) is 4.99 Å². The fourth-order valence-corrected chi connectivity index (χ4v) is 3.14. The van der Waals surface area contributed by atoms with E-state index in [0.29, 0.717) is 40.2 Å². The summed E-state index contributed by atoms with van der Waals surface area (Å²) in [6.07, 6.45) is 0.458. The van der Waals surface area contributed by atoms with E-state index in [1.807, 2.05) is 13.0 Å². The zero-order valence-corrected chi connectivity index (χ0v) is 14.2. The van der Waals surface area contributed by atoms with Crippen LogP contribution in [0.1, 0.15) is 29.4 Å². The van der Waals surface area contributed by atoms with Crippen LogP contribution < -0.4 is 0 Å². The number of rotatable bonds is 3. The second-order valence-electron chi connectivity index (χ2n) is 5.99. The zero-order chi connectivity index (χ0) is 19.1. The number of halogens is 2. The Balaban J connectivity index is 1.96. The first-order valence-electron chi connectivity index (χ1n) is 8.24. The van der Waals surface area contributed by atoms with Crippen LogP contribution in [-0.4, -0.2) is 21.5 Å². The Kier molecular flexibility index (Phi) is 3.89. The summed E-state index contributed by atoms with van der Waals surface area (Å²) >= 11 is 0. The Morgan fingerprint density at radius 3 is 2.52 bits per heavy atom. The van der Waals surface area contributed by atoms with Crippen molar-refractivity contribution in [3.63, 3.8) is 0 Å². The van der Waals surface area contributed by atoms with Crippen molar-refractivity contribution in [2.75, 3.05) is 0 Å². The number of aromatic nitrogens is 2. The minimum absolute atomic E-state index is 0.158. The number of hydrogen-bond acceptors (Lipinski definition) is 3. The maximum Gasteiger partial charge on any atom is 0.369 e. The molecule has 7 heteroatoms. The van der Waals surface area contributed by atoms with Gasteiger partial charge in [-0.05, 0) is 30.7 Å². The van der Waals surface area contributed by atoms with Gasteiger partial charge in [0.2, 0.25) is 0 Å². The highest BCUT2D eigenvalue weighted by Crippen LogP contribution is 2.34. The van der Waals surface area contributed by atoms with Crippen molar-refractivity contribution in [3.05, 3.63) is 76.6 Å². The van der Waals surface area contributed by atoms with Gasteiger partial charge in [0.1, 0.15) is 23.0 Å². The molecule has 3 aromatic rings. The van der Waals surface area contributed by atoms with E-state index < -0.39 is 17.7 Å². The summed E-state index contributed by atoms with van der Waals surface area (Å²) in [5.41, 5.74) is 2.88. The summed E-state index contributed by atoms with van der Waals surface area (Å²) in [5, 5.41) is 13.2. The van der Waals surface area contributed by atoms with E-state index in [0.717, 1.165) is 16.8 Å². The molecule has 0 N–H and O–H groups in total. The highest BCUT2D eigenvalue weighted by atomic mass is 19.1. The van der Waals surface area contributed by atoms with Crippen LogP contribution in [-0.2, 0) is 6.42 Å². The van der Waals surface area contributed by atoms with E-state index >= 15 is 0 Å². The molecule has 132 valence electrons. The molecule has 0 fully saturated rings. The molecule has 2 aromatic carbocycles. The molecule has 1 aromatic heterocycles. The third kappa shape index (κ3) is 2.62. The van der Waals surface area contributed by atoms with Crippen molar-refractivity contribution >= 4 is 11.7 Å². The molecule has 5 nitrogen and oxygen atoms in total. The Morgan fingerprint density at radius 1 is 1.15 bits per heavy atom. The van der Waals surface area contributed by atoms with Crippen LogP contribution in [0.25, 0.3) is 11.1 Å². The average Bonchev–Trinajstić information content (AvgIpc) is 3.19. The van der Waals surface area contributed by atoms with Crippen LogP contribution in [0.5, 0.6) is 0 Å². The van der Waals surface area contributed by atoms with Gasteiger partial charge in [-0.15, -0.1) is 0 Å². The molecule has 0 saturated carbocycles. The number of carbonyl (C=O) groups is 1. The Labute approximate surface area is 153 Å². The number of benzene rings is 2. The fourth-order valence-electron chi connectivity index (χ4n) is 3.14. The average molecular weight is 362 g/mol. The molecule has 0 spiro atoms. The maximum atomic E-state index is 14.5. The van der Waals surface area contributed by atoms with Crippen molar-refractivity contribution in [2.45, 2.75) is 13.3 Å². The molecule has 0 atom stereocenters. The molecule has 0 saturated heterocycles. The number of fused-ring (bicyclic) bond motifs is 1. The summed E-state index contributed by atoms with van der Waals surface area (Å²) in [4.78, 5) is 16.4. The summed E-state index contributed by atoms with van der Waals surface area (Å²) in [7, 11) is 0. The summed E-state index contributed by atoms with van der Waals surface area (Å²) in [6, 6.07) is 11.3. The van der Waals surface area contributed by atoms with Crippen LogP contribution in [0.15, 0.2) is 47.5 Å².